The smallest absolute Gasteiger partial charge is 0.263 e. The van der Waals surface area contributed by atoms with Crippen LogP contribution in [0.5, 0.6) is 0 Å². The fraction of sp³-hybridized carbons (Fsp3) is 0.500. The van der Waals surface area contributed by atoms with E-state index in [9.17, 15) is 0 Å². The Hall–Kier alpha value is -1.55. The Morgan fingerprint density at radius 2 is 2.11 bits per heavy atom. The van der Waals surface area contributed by atoms with Gasteiger partial charge in [-0.25, -0.2) is 4.98 Å². The first kappa shape index (κ1) is 11.5. The van der Waals surface area contributed by atoms with Gasteiger partial charge in [0.05, 0.1) is 12.0 Å². The van der Waals surface area contributed by atoms with E-state index in [1.165, 1.54) is 32.1 Å². The van der Waals surface area contributed by atoms with E-state index in [0.29, 0.717) is 17.7 Å². The second-order valence-corrected chi connectivity index (χ2v) is 4.84. The van der Waals surface area contributed by atoms with Gasteiger partial charge in [-0.05, 0) is 25.0 Å². The lowest BCUT2D eigenvalue weighted by Gasteiger charge is -2.22. The highest BCUT2D eigenvalue weighted by molar-refractivity contribution is 5.43. The van der Waals surface area contributed by atoms with Crippen molar-refractivity contribution in [1.82, 2.24) is 10.3 Å². The summed E-state index contributed by atoms with van der Waals surface area (Å²) in [5.41, 5.74) is 0.937. The summed E-state index contributed by atoms with van der Waals surface area (Å²) in [5, 5.41) is 3.54. The summed E-state index contributed by atoms with van der Waals surface area (Å²) in [4.78, 5) is 4.41. The number of hydrogen-bond acceptors (Lipinski definition) is 4. The van der Waals surface area contributed by atoms with Crippen molar-refractivity contribution in [3.8, 4) is 11.7 Å². The average Bonchev–Trinajstić information content (AvgIpc) is 3.08. The number of hydrogen-bond donors (Lipinski definition) is 1. The van der Waals surface area contributed by atoms with E-state index in [-0.39, 0.29) is 0 Å². The van der Waals surface area contributed by atoms with Crippen molar-refractivity contribution in [3.05, 3.63) is 30.4 Å². The van der Waals surface area contributed by atoms with Crippen LogP contribution in [0.25, 0.3) is 11.7 Å². The van der Waals surface area contributed by atoms with Crippen molar-refractivity contribution in [2.45, 2.75) is 44.7 Å². The maximum absolute atomic E-state index is 5.40. The van der Waals surface area contributed by atoms with Crippen molar-refractivity contribution in [2.24, 2.45) is 0 Å². The van der Waals surface area contributed by atoms with Crippen molar-refractivity contribution < 1.29 is 8.83 Å². The molecule has 1 saturated carbocycles. The minimum Gasteiger partial charge on any atom is -0.459 e. The van der Waals surface area contributed by atoms with Gasteiger partial charge in [0.2, 0.25) is 0 Å². The normalized spacial score (nSPS) is 17.1. The Bertz CT molecular complexity index is 470. The quantitative estimate of drug-likeness (QED) is 0.898. The summed E-state index contributed by atoms with van der Waals surface area (Å²) in [7, 11) is 0. The highest BCUT2D eigenvalue weighted by atomic mass is 16.4. The summed E-state index contributed by atoms with van der Waals surface area (Å²) in [6.45, 7) is 0.773. The van der Waals surface area contributed by atoms with Crippen LogP contribution < -0.4 is 5.32 Å². The van der Waals surface area contributed by atoms with Crippen LogP contribution in [0.3, 0.4) is 0 Å². The molecule has 0 aliphatic heterocycles. The number of rotatable bonds is 4. The molecule has 2 aromatic rings. The first-order valence-corrected chi connectivity index (χ1v) is 6.63. The number of oxazole rings is 1. The van der Waals surface area contributed by atoms with Crippen LogP contribution in [-0.2, 0) is 6.54 Å². The molecule has 1 aliphatic rings. The van der Waals surface area contributed by atoms with Crippen LogP contribution in [0, 0.1) is 0 Å². The topological polar surface area (TPSA) is 51.2 Å². The summed E-state index contributed by atoms with van der Waals surface area (Å²) < 4.78 is 10.7. The maximum Gasteiger partial charge on any atom is 0.263 e. The monoisotopic (exact) mass is 246 g/mol. The standard InChI is InChI=1S/C14H18N2O2/c1-2-5-11(6-3-1)15-9-12-10-18-14(16-12)13-7-4-8-17-13/h4,7-8,10-11,15H,1-3,5-6,9H2. The lowest BCUT2D eigenvalue weighted by molar-refractivity contribution is 0.371. The molecule has 0 amide bonds. The van der Waals surface area contributed by atoms with Gasteiger partial charge in [-0.2, -0.15) is 0 Å². The largest absolute Gasteiger partial charge is 0.459 e. The predicted octanol–water partition coefficient (Wildman–Crippen LogP) is 3.36. The minimum absolute atomic E-state index is 0.556. The van der Waals surface area contributed by atoms with Crippen molar-refractivity contribution in [1.29, 1.82) is 0 Å². The highest BCUT2D eigenvalue weighted by Crippen LogP contribution is 2.20. The van der Waals surface area contributed by atoms with Crippen LogP contribution in [0.2, 0.25) is 0 Å². The first-order chi connectivity index (χ1) is 8.92. The van der Waals surface area contributed by atoms with Gasteiger partial charge in [-0.15, -0.1) is 0 Å². The lowest BCUT2D eigenvalue weighted by Crippen LogP contribution is -2.30. The molecule has 4 nitrogen and oxygen atoms in total. The molecule has 18 heavy (non-hydrogen) atoms. The van der Waals surface area contributed by atoms with Crippen LogP contribution in [0.4, 0.5) is 0 Å². The van der Waals surface area contributed by atoms with E-state index in [4.69, 9.17) is 8.83 Å². The fourth-order valence-corrected chi connectivity index (χ4v) is 2.46. The molecule has 0 spiro atoms. The van der Waals surface area contributed by atoms with Gasteiger partial charge < -0.3 is 14.2 Å². The van der Waals surface area contributed by atoms with E-state index >= 15 is 0 Å². The Morgan fingerprint density at radius 1 is 1.22 bits per heavy atom. The molecule has 0 atom stereocenters. The molecule has 0 bridgehead atoms. The van der Waals surface area contributed by atoms with Gasteiger partial charge in [0, 0.05) is 12.6 Å². The van der Waals surface area contributed by atoms with Crippen molar-refractivity contribution >= 4 is 0 Å². The SMILES string of the molecule is c1coc(-c2nc(CNC3CCCCC3)co2)c1. The van der Waals surface area contributed by atoms with E-state index < -0.39 is 0 Å². The van der Waals surface area contributed by atoms with Crippen molar-refractivity contribution in [3.63, 3.8) is 0 Å². The molecular formula is C14H18N2O2. The molecule has 96 valence electrons. The minimum atomic E-state index is 0.556. The molecule has 0 aromatic carbocycles. The van der Waals surface area contributed by atoms with Gasteiger partial charge in [0.1, 0.15) is 6.26 Å². The first-order valence-electron chi connectivity index (χ1n) is 6.63. The molecule has 3 rings (SSSR count). The predicted molar refractivity (Wildman–Crippen MR) is 67.9 cm³/mol. The highest BCUT2D eigenvalue weighted by Gasteiger charge is 2.14. The summed E-state index contributed by atoms with van der Waals surface area (Å²) in [6, 6.07) is 4.33. The molecule has 2 aromatic heterocycles. The summed E-state index contributed by atoms with van der Waals surface area (Å²) >= 11 is 0. The zero-order valence-corrected chi connectivity index (χ0v) is 10.4. The van der Waals surface area contributed by atoms with Gasteiger partial charge in [0.15, 0.2) is 5.76 Å². The fourth-order valence-electron chi connectivity index (χ4n) is 2.46. The Morgan fingerprint density at radius 3 is 2.89 bits per heavy atom. The molecule has 0 radical (unpaired) electrons. The molecule has 0 unspecified atom stereocenters. The lowest BCUT2D eigenvalue weighted by atomic mass is 9.95. The third-order valence-corrected chi connectivity index (χ3v) is 3.46. The van der Waals surface area contributed by atoms with Crippen LogP contribution in [0.1, 0.15) is 37.8 Å². The number of furan rings is 1. The number of aromatic nitrogens is 1. The second kappa shape index (κ2) is 5.40. The van der Waals surface area contributed by atoms with Crippen LogP contribution in [-0.4, -0.2) is 11.0 Å². The van der Waals surface area contributed by atoms with E-state index in [0.717, 1.165) is 12.2 Å². The average molecular weight is 246 g/mol. The van der Waals surface area contributed by atoms with Gasteiger partial charge in [-0.1, -0.05) is 19.3 Å². The number of nitrogens with one attached hydrogen (secondary N) is 1. The molecule has 1 fully saturated rings. The second-order valence-electron chi connectivity index (χ2n) is 4.84. The summed E-state index contributed by atoms with van der Waals surface area (Å²) in [6.07, 6.45) is 9.95. The molecule has 2 heterocycles. The molecular weight excluding hydrogens is 228 g/mol. The molecule has 0 saturated heterocycles. The Kier molecular flexibility index (Phi) is 3.46. The van der Waals surface area contributed by atoms with E-state index in [1.54, 1.807) is 12.5 Å². The third-order valence-electron chi connectivity index (χ3n) is 3.46. The van der Waals surface area contributed by atoms with Gasteiger partial charge >= 0.3 is 0 Å². The van der Waals surface area contributed by atoms with E-state index in [2.05, 4.69) is 10.3 Å². The molecule has 1 aliphatic carbocycles. The van der Waals surface area contributed by atoms with Crippen LogP contribution >= 0.6 is 0 Å². The maximum atomic E-state index is 5.40. The zero-order chi connectivity index (χ0) is 12.2. The third kappa shape index (κ3) is 2.64. The van der Waals surface area contributed by atoms with Crippen molar-refractivity contribution in [2.75, 3.05) is 0 Å². The van der Waals surface area contributed by atoms with Gasteiger partial charge in [0.25, 0.3) is 5.89 Å². The van der Waals surface area contributed by atoms with E-state index in [1.807, 2.05) is 12.1 Å². The Balaban J connectivity index is 1.57. The molecule has 1 N–H and O–H groups in total. The number of nitrogens with zero attached hydrogens (tertiary/aromatic N) is 1. The molecule has 4 heteroatoms. The summed E-state index contributed by atoms with van der Waals surface area (Å²) in [5.74, 6) is 1.24. The zero-order valence-electron chi connectivity index (χ0n) is 10.4. The van der Waals surface area contributed by atoms with Crippen LogP contribution in [0.15, 0.2) is 33.5 Å². The Labute approximate surface area is 106 Å². The van der Waals surface area contributed by atoms with Gasteiger partial charge in [-0.3, -0.25) is 0 Å².